The van der Waals surface area contributed by atoms with Crippen LogP contribution in [0.4, 0.5) is 0 Å². The van der Waals surface area contributed by atoms with Gasteiger partial charge in [-0.3, -0.25) is 4.99 Å². The summed E-state index contributed by atoms with van der Waals surface area (Å²) in [6, 6.07) is 18.4. The number of para-hydroxylation sites is 1. The maximum atomic E-state index is 5.80. The molecule has 2 rings (SSSR count). The summed E-state index contributed by atoms with van der Waals surface area (Å²) in [5.41, 5.74) is 2.32. The number of benzene rings is 2. The molecule has 0 saturated carbocycles. The third-order valence-electron chi connectivity index (χ3n) is 3.62. The van der Waals surface area contributed by atoms with Crippen LogP contribution in [-0.2, 0) is 17.9 Å². The Morgan fingerprint density at radius 3 is 2.56 bits per heavy atom. The molecule has 0 heterocycles. The van der Waals surface area contributed by atoms with Crippen molar-refractivity contribution in [2.45, 2.75) is 26.1 Å². The van der Waals surface area contributed by atoms with Crippen LogP contribution in [0.25, 0.3) is 0 Å². The fraction of sp³-hybridized carbons (Fsp3) is 0.350. The van der Waals surface area contributed by atoms with Crippen molar-refractivity contribution in [1.82, 2.24) is 10.6 Å². The van der Waals surface area contributed by atoms with Crippen molar-refractivity contribution < 1.29 is 9.47 Å². The van der Waals surface area contributed by atoms with E-state index in [0.717, 1.165) is 17.3 Å². The van der Waals surface area contributed by atoms with E-state index in [-0.39, 0.29) is 6.04 Å². The van der Waals surface area contributed by atoms with Gasteiger partial charge in [0.1, 0.15) is 12.4 Å². The molecule has 0 saturated heterocycles. The van der Waals surface area contributed by atoms with Crippen molar-refractivity contribution in [1.29, 1.82) is 0 Å². The van der Waals surface area contributed by atoms with Crippen LogP contribution in [0.15, 0.2) is 59.6 Å². The van der Waals surface area contributed by atoms with E-state index in [2.05, 4.69) is 40.7 Å². The van der Waals surface area contributed by atoms with Gasteiger partial charge in [-0.1, -0.05) is 42.5 Å². The summed E-state index contributed by atoms with van der Waals surface area (Å²) in [6.45, 7) is 3.93. The van der Waals surface area contributed by atoms with Gasteiger partial charge in [-0.25, -0.2) is 0 Å². The molecule has 0 fully saturated rings. The number of guanidine groups is 1. The van der Waals surface area contributed by atoms with E-state index in [1.54, 1.807) is 14.2 Å². The van der Waals surface area contributed by atoms with Gasteiger partial charge >= 0.3 is 0 Å². The van der Waals surface area contributed by atoms with E-state index in [0.29, 0.717) is 19.8 Å². The molecular weight excluding hydrogens is 314 g/mol. The average Bonchev–Trinajstić information content (AvgIpc) is 2.65. The zero-order valence-corrected chi connectivity index (χ0v) is 15.2. The first-order valence-electron chi connectivity index (χ1n) is 8.43. The van der Waals surface area contributed by atoms with Gasteiger partial charge in [0.15, 0.2) is 5.96 Å². The van der Waals surface area contributed by atoms with Crippen molar-refractivity contribution in [3.63, 3.8) is 0 Å². The predicted molar refractivity (Wildman–Crippen MR) is 102 cm³/mol. The first-order valence-corrected chi connectivity index (χ1v) is 8.43. The first kappa shape index (κ1) is 18.8. The standard InChI is InChI=1S/C20H27N3O2/c1-16(14-24-3)23-20(21-2)22-13-17-8-7-9-18(12-17)15-25-19-10-5-4-6-11-19/h4-12,16H,13-15H2,1-3H3,(H2,21,22,23). The number of hydrogen-bond acceptors (Lipinski definition) is 3. The van der Waals surface area contributed by atoms with Crippen LogP contribution in [0.3, 0.4) is 0 Å². The van der Waals surface area contributed by atoms with Gasteiger partial charge in [-0.2, -0.15) is 0 Å². The molecule has 25 heavy (non-hydrogen) atoms. The highest BCUT2D eigenvalue weighted by atomic mass is 16.5. The highest BCUT2D eigenvalue weighted by Gasteiger charge is 2.05. The second kappa shape index (κ2) is 10.4. The number of hydrogen-bond donors (Lipinski definition) is 2. The minimum absolute atomic E-state index is 0.196. The third-order valence-corrected chi connectivity index (χ3v) is 3.62. The van der Waals surface area contributed by atoms with Gasteiger partial charge < -0.3 is 20.1 Å². The van der Waals surface area contributed by atoms with Crippen LogP contribution in [0.5, 0.6) is 5.75 Å². The molecule has 0 radical (unpaired) electrons. The van der Waals surface area contributed by atoms with Crippen molar-refractivity contribution in [2.24, 2.45) is 4.99 Å². The molecule has 0 aromatic heterocycles. The van der Waals surface area contributed by atoms with Crippen LogP contribution in [-0.4, -0.2) is 32.8 Å². The molecule has 1 atom stereocenters. The molecule has 5 heteroatoms. The Hall–Kier alpha value is -2.53. The molecule has 2 aromatic rings. The van der Waals surface area contributed by atoms with Crippen LogP contribution < -0.4 is 15.4 Å². The highest BCUT2D eigenvalue weighted by molar-refractivity contribution is 5.79. The van der Waals surface area contributed by atoms with E-state index in [1.807, 2.05) is 36.4 Å². The predicted octanol–water partition coefficient (Wildman–Crippen LogP) is 2.97. The van der Waals surface area contributed by atoms with Gasteiger partial charge in [0.2, 0.25) is 0 Å². The molecule has 0 bridgehead atoms. The molecule has 2 N–H and O–H groups in total. The Balaban J connectivity index is 1.86. The normalized spacial score (nSPS) is 12.5. The van der Waals surface area contributed by atoms with Gasteiger partial charge in [0.05, 0.1) is 6.61 Å². The van der Waals surface area contributed by atoms with E-state index >= 15 is 0 Å². The summed E-state index contributed by atoms with van der Waals surface area (Å²) in [6.07, 6.45) is 0. The van der Waals surface area contributed by atoms with Crippen molar-refractivity contribution in [2.75, 3.05) is 20.8 Å². The smallest absolute Gasteiger partial charge is 0.191 e. The number of nitrogens with zero attached hydrogens (tertiary/aromatic N) is 1. The van der Waals surface area contributed by atoms with E-state index < -0.39 is 0 Å². The minimum atomic E-state index is 0.196. The van der Waals surface area contributed by atoms with E-state index in [9.17, 15) is 0 Å². The number of ether oxygens (including phenoxy) is 2. The molecule has 0 spiro atoms. The molecule has 134 valence electrons. The average molecular weight is 341 g/mol. The lowest BCUT2D eigenvalue weighted by molar-refractivity contribution is 0.179. The second-order valence-electron chi connectivity index (χ2n) is 5.85. The molecule has 2 aromatic carbocycles. The maximum absolute atomic E-state index is 5.80. The molecule has 1 unspecified atom stereocenters. The second-order valence-corrected chi connectivity index (χ2v) is 5.85. The number of methoxy groups -OCH3 is 1. The lowest BCUT2D eigenvalue weighted by atomic mass is 10.1. The van der Waals surface area contributed by atoms with Crippen LogP contribution in [0.2, 0.25) is 0 Å². The summed E-state index contributed by atoms with van der Waals surface area (Å²) >= 11 is 0. The van der Waals surface area contributed by atoms with Crippen LogP contribution in [0, 0.1) is 0 Å². The zero-order chi connectivity index (χ0) is 17.9. The fourth-order valence-corrected chi connectivity index (χ4v) is 2.42. The lowest BCUT2D eigenvalue weighted by Crippen LogP contribution is -2.43. The first-order chi connectivity index (χ1) is 12.2. The van der Waals surface area contributed by atoms with Crippen molar-refractivity contribution in [3.8, 4) is 5.75 Å². The quantitative estimate of drug-likeness (QED) is 0.572. The zero-order valence-electron chi connectivity index (χ0n) is 15.2. The molecule has 0 aliphatic rings. The third kappa shape index (κ3) is 6.85. The summed E-state index contributed by atoms with van der Waals surface area (Å²) < 4.78 is 10.9. The minimum Gasteiger partial charge on any atom is -0.489 e. The van der Waals surface area contributed by atoms with Crippen LogP contribution in [0.1, 0.15) is 18.1 Å². The summed E-state index contributed by atoms with van der Waals surface area (Å²) in [5.74, 6) is 1.64. The largest absolute Gasteiger partial charge is 0.489 e. The Labute approximate surface area is 150 Å². The van der Waals surface area contributed by atoms with Crippen molar-refractivity contribution >= 4 is 5.96 Å². The van der Waals surface area contributed by atoms with Crippen LogP contribution >= 0.6 is 0 Å². The van der Waals surface area contributed by atoms with Gasteiger partial charge in [-0.15, -0.1) is 0 Å². The molecule has 0 amide bonds. The SMILES string of the molecule is CN=C(NCc1cccc(COc2ccccc2)c1)NC(C)COC. The van der Waals surface area contributed by atoms with Crippen molar-refractivity contribution in [3.05, 3.63) is 65.7 Å². The Bertz CT molecular complexity index is 659. The number of nitrogens with one attached hydrogen (secondary N) is 2. The lowest BCUT2D eigenvalue weighted by Gasteiger charge is -2.17. The van der Waals surface area contributed by atoms with E-state index in [1.165, 1.54) is 5.56 Å². The number of rotatable bonds is 8. The molecule has 0 aliphatic heterocycles. The molecule has 5 nitrogen and oxygen atoms in total. The Morgan fingerprint density at radius 1 is 1.08 bits per heavy atom. The maximum Gasteiger partial charge on any atom is 0.191 e. The van der Waals surface area contributed by atoms with Gasteiger partial charge in [-0.05, 0) is 30.2 Å². The van der Waals surface area contributed by atoms with Gasteiger partial charge in [0, 0.05) is 26.7 Å². The summed E-state index contributed by atoms with van der Waals surface area (Å²) in [7, 11) is 3.45. The fourth-order valence-electron chi connectivity index (χ4n) is 2.42. The topological polar surface area (TPSA) is 54.9 Å². The monoisotopic (exact) mass is 341 g/mol. The highest BCUT2D eigenvalue weighted by Crippen LogP contribution is 2.12. The number of aliphatic imine (C=N–C) groups is 1. The summed E-state index contributed by atoms with van der Waals surface area (Å²) in [4.78, 5) is 4.24. The Morgan fingerprint density at radius 2 is 1.84 bits per heavy atom. The Kier molecular flexibility index (Phi) is 7.79. The van der Waals surface area contributed by atoms with E-state index in [4.69, 9.17) is 9.47 Å². The molecular formula is C20H27N3O2. The van der Waals surface area contributed by atoms with Gasteiger partial charge in [0.25, 0.3) is 0 Å². The summed E-state index contributed by atoms with van der Waals surface area (Å²) in [5, 5.41) is 6.61. The molecule has 0 aliphatic carbocycles.